The average Bonchev–Trinajstić information content (AvgIpc) is 3.22. The standard InChI is InChI=1S/C49H44O6S2/c1-5-36-8-10-37(11-9-36)34-38-12-28-46(29-13-38)57(52,53)48-32-24-44(25-33-48)55-42-20-16-40(17-21-42)49(3,4)39-14-18-41(19-15-39)54-43-22-30-47(31-23-43)56(50,51)45-26-6-35(2)7-27-45/h6-33H,5,34H2,1-4H3. The summed E-state index contributed by atoms with van der Waals surface area (Å²) in [4.78, 5) is 0.914. The van der Waals surface area contributed by atoms with Crippen LogP contribution in [0.5, 0.6) is 23.0 Å². The first-order valence-electron chi connectivity index (χ1n) is 18.8. The third-order valence-corrected chi connectivity index (χ3v) is 13.9. The molecule has 7 aromatic carbocycles. The molecule has 0 saturated heterocycles. The van der Waals surface area contributed by atoms with Crippen LogP contribution in [0.1, 0.15) is 54.2 Å². The summed E-state index contributed by atoms with van der Waals surface area (Å²) < 4.78 is 65.0. The van der Waals surface area contributed by atoms with Crippen molar-refractivity contribution in [2.45, 2.75) is 65.5 Å². The molecule has 8 heteroatoms. The maximum Gasteiger partial charge on any atom is 0.206 e. The third-order valence-electron chi connectivity index (χ3n) is 10.3. The van der Waals surface area contributed by atoms with Crippen molar-refractivity contribution in [2.75, 3.05) is 0 Å². The van der Waals surface area contributed by atoms with Gasteiger partial charge in [0.15, 0.2) is 0 Å². The average molecular weight is 793 g/mol. The highest BCUT2D eigenvalue weighted by Crippen LogP contribution is 2.35. The molecule has 0 heterocycles. The maximum atomic E-state index is 13.4. The zero-order valence-corrected chi connectivity index (χ0v) is 34.0. The van der Waals surface area contributed by atoms with Gasteiger partial charge in [0.05, 0.1) is 19.6 Å². The van der Waals surface area contributed by atoms with E-state index >= 15 is 0 Å². The molecule has 0 unspecified atom stereocenters. The summed E-state index contributed by atoms with van der Waals surface area (Å²) in [6.07, 6.45) is 1.74. The normalized spacial score (nSPS) is 11.9. The molecule has 288 valence electrons. The van der Waals surface area contributed by atoms with Gasteiger partial charge in [0.1, 0.15) is 23.0 Å². The van der Waals surface area contributed by atoms with Crippen LogP contribution < -0.4 is 9.47 Å². The number of hydrogen-bond donors (Lipinski definition) is 0. The molecule has 7 aromatic rings. The van der Waals surface area contributed by atoms with E-state index in [2.05, 4.69) is 45.0 Å². The van der Waals surface area contributed by atoms with Crippen molar-refractivity contribution < 1.29 is 26.3 Å². The molecule has 0 aromatic heterocycles. The number of hydrogen-bond acceptors (Lipinski definition) is 6. The van der Waals surface area contributed by atoms with Gasteiger partial charge >= 0.3 is 0 Å². The third kappa shape index (κ3) is 8.88. The molecule has 0 aliphatic heterocycles. The number of sulfone groups is 2. The highest BCUT2D eigenvalue weighted by molar-refractivity contribution is 7.91. The molecular formula is C49H44O6S2. The fourth-order valence-corrected chi connectivity index (χ4v) is 9.12. The molecule has 0 N–H and O–H groups in total. The van der Waals surface area contributed by atoms with E-state index in [4.69, 9.17) is 9.47 Å². The van der Waals surface area contributed by atoms with E-state index in [9.17, 15) is 16.8 Å². The summed E-state index contributed by atoms with van der Waals surface area (Å²) in [7, 11) is -7.31. The lowest BCUT2D eigenvalue weighted by Crippen LogP contribution is -2.18. The largest absolute Gasteiger partial charge is 0.457 e. The van der Waals surface area contributed by atoms with Gasteiger partial charge in [-0.1, -0.05) is 99.1 Å². The predicted molar refractivity (Wildman–Crippen MR) is 225 cm³/mol. The van der Waals surface area contributed by atoms with Gasteiger partial charge < -0.3 is 9.47 Å². The SMILES string of the molecule is CCc1ccc(Cc2ccc(S(=O)(=O)c3ccc(Oc4ccc(C(C)(C)c5ccc(Oc6ccc(S(=O)(=O)c7ccc(C)cc7)cc6)cc5)cc4)cc3)cc2)cc1. The van der Waals surface area contributed by atoms with Crippen LogP contribution in [-0.4, -0.2) is 16.8 Å². The quantitative estimate of drug-likeness (QED) is 0.116. The highest BCUT2D eigenvalue weighted by atomic mass is 32.2. The number of aryl methyl sites for hydroxylation is 2. The molecule has 0 radical (unpaired) electrons. The molecule has 0 atom stereocenters. The number of ether oxygens (including phenoxy) is 2. The van der Waals surface area contributed by atoms with Gasteiger partial charge in [-0.05, 0) is 145 Å². The van der Waals surface area contributed by atoms with Gasteiger partial charge in [0, 0.05) is 5.41 Å². The molecule has 0 saturated carbocycles. The van der Waals surface area contributed by atoms with Crippen LogP contribution in [-0.2, 0) is 37.9 Å². The molecule has 0 bridgehead atoms. The first-order chi connectivity index (χ1) is 27.3. The van der Waals surface area contributed by atoms with Crippen LogP contribution in [0.2, 0.25) is 0 Å². The molecule has 57 heavy (non-hydrogen) atoms. The van der Waals surface area contributed by atoms with Gasteiger partial charge in [-0.3, -0.25) is 0 Å². The van der Waals surface area contributed by atoms with Crippen LogP contribution in [0.3, 0.4) is 0 Å². The van der Waals surface area contributed by atoms with E-state index in [1.807, 2.05) is 67.6 Å². The Morgan fingerprint density at radius 3 is 1.04 bits per heavy atom. The Morgan fingerprint density at radius 1 is 0.404 bits per heavy atom. The highest BCUT2D eigenvalue weighted by Gasteiger charge is 2.24. The Bertz CT molecular complexity index is 2670. The molecule has 0 aliphatic carbocycles. The van der Waals surface area contributed by atoms with Crippen molar-refractivity contribution >= 4 is 19.7 Å². The summed E-state index contributed by atoms with van der Waals surface area (Å²) in [6.45, 7) is 8.33. The zero-order valence-electron chi connectivity index (χ0n) is 32.3. The van der Waals surface area contributed by atoms with Gasteiger partial charge in [0.2, 0.25) is 19.7 Å². The minimum atomic E-state index is -3.69. The van der Waals surface area contributed by atoms with E-state index in [0.29, 0.717) is 23.0 Å². The van der Waals surface area contributed by atoms with Gasteiger partial charge in [-0.2, -0.15) is 0 Å². The predicted octanol–water partition coefficient (Wildman–Crippen LogP) is 11.7. The summed E-state index contributed by atoms with van der Waals surface area (Å²) in [6, 6.07) is 51.0. The summed E-state index contributed by atoms with van der Waals surface area (Å²) in [5.41, 5.74) is 6.35. The summed E-state index contributed by atoms with van der Waals surface area (Å²) >= 11 is 0. The molecule has 0 amide bonds. The lowest BCUT2D eigenvalue weighted by atomic mass is 9.78. The van der Waals surface area contributed by atoms with Crippen molar-refractivity contribution in [1.29, 1.82) is 0 Å². The fourth-order valence-electron chi connectivity index (χ4n) is 6.60. The van der Waals surface area contributed by atoms with E-state index in [0.717, 1.165) is 35.1 Å². The minimum Gasteiger partial charge on any atom is -0.457 e. The molecule has 0 spiro atoms. The molecule has 0 aliphatic rings. The molecule has 6 nitrogen and oxygen atoms in total. The first kappa shape index (κ1) is 39.3. The van der Waals surface area contributed by atoms with Gasteiger partial charge in [-0.25, -0.2) is 16.8 Å². The Labute approximate surface area is 336 Å². The number of rotatable bonds is 13. The smallest absolute Gasteiger partial charge is 0.206 e. The topological polar surface area (TPSA) is 86.7 Å². The second-order valence-electron chi connectivity index (χ2n) is 14.6. The van der Waals surface area contributed by atoms with E-state index in [1.165, 1.54) is 11.1 Å². The van der Waals surface area contributed by atoms with Gasteiger partial charge in [-0.15, -0.1) is 0 Å². The van der Waals surface area contributed by atoms with Gasteiger partial charge in [0.25, 0.3) is 0 Å². The van der Waals surface area contributed by atoms with E-state index in [1.54, 1.807) is 84.9 Å². The summed E-state index contributed by atoms with van der Waals surface area (Å²) in [5, 5.41) is 0. The van der Waals surface area contributed by atoms with Crippen LogP contribution >= 0.6 is 0 Å². The van der Waals surface area contributed by atoms with Crippen LogP contribution in [0.15, 0.2) is 189 Å². The van der Waals surface area contributed by atoms with Crippen molar-refractivity contribution in [3.63, 3.8) is 0 Å². The maximum absolute atomic E-state index is 13.4. The van der Waals surface area contributed by atoms with Crippen molar-refractivity contribution in [2.24, 2.45) is 0 Å². The second kappa shape index (κ2) is 16.3. The molecule has 7 rings (SSSR count). The lowest BCUT2D eigenvalue weighted by molar-refractivity contribution is 0.480. The minimum absolute atomic E-state index is 0.202. The van der Waals surface area contributed by atoms with Crippen LogP contribution in [0.25, 0.3) is 0 Å². The Kier molecular flexibility index (Phi) is 11.2. The van der Waals surface area contributed by atoms with Crippen LogP contribution in [0.4, 0.5) is 0 Å². The molecular weight excluding hydrogens is 749 g/mol. The number of benzene rings is 7. The Hall–Kier alpha value is -5.96. The Balaban J connectivity index is 0.951. The fraction of sp³-hybridized carbons (Fsp3) is 0.143. The van der Waals surface area contributed by atoms with E-state index < -0.39 is 19.7 Å². The van der Waals surface area contributed by atoms with Crippen molar-refractivity contribution in [3.8, 4) is 23.0 Å². The lowest BCUT2D eigenvalue weighted by Gasteiger charge is -2.26. The first-order valence-corrected chi connectivity index (χ1v) is 21.8. The van der Waals surface area contributed by atoms with Crippen molar-refractivity contribution in [3.05, 3.63) is 203 Å². The molecule has 0 fully saturated rings. The van der Waals surface area contributed by atoms with Crippen molar-refractivity contribution in [1.82, 2.24) is 0 Å². The monoisotopic (exact) mass is 792 g/mol. The summed E-state index contributed by atoms with van der Waals surface area (Å²) in [5.74, 6) is 2.33. The second-order valence-corrected chi connectivity index (χ2v) is 18.5. The zero-order chi connectivity index (χ0) is 40.2. The van der Waals surface area contributed by atoms with E-state index in [-0.39, 0.29) is 25.0 Å². The Morgan fingerprint density at radius 2 is 0.684 bits per heavy atom. The van der Waals surface area contributed by atoms with Crippen LogP contribution in [0, 0.1) is 6.92 Å².